The molecule has 0 atom stereocenters. The largest absolute Gasteiger partial charge is 0.411 e. The molecule has 5 nitrogen and oxygen atoms in total. The summed E-state index contributed by atoms with van der Waals surface area (Å²) >= 11 is 0. The maximum absolute atomic E-state index is 12.9. The highest BCUT2D eigenvalue weighted by Crippen LogP contribution is 2.24. The van der Waals surface area contributed by atoms with Gasteiger partial charge in [0.05, 0.1) is 12.2 Å². The first-order valence-electron chi connectivity index (χ1n) is 5.87. The molecule has 1 aromatic carbocycles. The van der Waals surface area contributed by atoms with Crippen LogP contribution in [0, 0.1) is 5.82 Å². The van der Waals surface area contributed by atoms with E-state index in [2.05, 4.69) is 14.9 Å². The monoisotopic (exact) mass is 305 g/mol. The molecule has 0 bridgehead atoms. The van der Waals surface area contributed by atoms with Crippen LogP contribution in [0.5, 0.6) is 0 Å². The zero-order valence-electron chi connectivity index (χ0n) is 10.7. The Labute approximate surface area is 116 Å². The van der Waals surface area contributed by atoms with Gasteiger partial charge >= 0.3 is 6.18 Å². The zero-order chi connectivity index (χ0) is 15.5. The molecule has 2 rings (SSSR count). The number of rotatable bonds is 5. The van der Waals surface area contributed by atoms with Crippen LogP contribution in [0.1, 0.15) is 5.82 Å². The predicted molar refractivity (Wildman–Crippen MR) is 64.7 cm³/mol. The number of nitrogens with two attached hydrogens (primary N) is 1. The minimum Gasteiger partial charge on any atom is -0.398 e. The van der Waals surface area contributed by atoms with Gasteiger partial charge in [-0.3, -0.25) is 0 Å². The highest BCUT2D eigenvalue weighted by Gasteiger charge is 2.27. The van der Waals surface area contributed by atoms with Crippen LogP contribution in [-0.4, -0.2) is 29.5 Å². The lowest BCUT2D eigenvalue weighted by Gasteiger charge is -2.05. The van der Waals surface area contributed by atoms with E-state index in [-0.39, 0.29) is 30.4 Å². The Bertz CT molecular complexity index is 613. The van der Waals surface area contributed by atoms with Gasteiger partial charge in [-0.05, 0) is 18.2 Å². The van der Waals surface area contributed by atoms with Crippen molar-refractivity contribution < 1.29 is 26.8 Å². The van der Waals surface area contributed by atoms with Crippen molar-refractivity contribution in [3.8, 4) is 11.5 Å². The van der Waals surface area contributed by atoms with E-state index in [4.69, 9.17) is 10.3 Å². The van der Waals surface area contributed by atoms with Gasteiger partial charge in [0.1, 0.15) is 12.4 Å². The average Bonchev–Trinajstić information content (AvgIpc) is 2.82. The number of nitrogens with zero attached hydrogens (tertiary/aromatic N) is 2. The van der Waals surface area contributed by atoms with Crippen LogP contribution in [0.2, 0.25) is 0 Å². The number of halogens is 4. The molecule has 0 aliphatic carbocycles. The van der Waals surface area contributed by atoms with Gasteiger partial charge in [0.15, 0.2) is 5.82 Å². The molecule has 2 N–H and O–H groups in total. The molecule has 9 heteroatoms. The second-order valence-corrected chi connectivity index (χ2v) is 4.17. The van der Waals surface area contributed by atoms with Crippen molar-refractivity contribution in [1.29, 1.82) is 0 Å². The summed E-state index contributed by atoms with van der Waals surface area (Å²) in [6, 6.07) is 3.66. The van der Waals surface area contributed by atoms with Crippen molar-refractivity contribution in [2.45, 2.75) is 12.6 Å². The quantitative estimate of drug-likeness (QED) is 0.522. The number of alkyl halides is 3. The first-order chi connectivity index (χ1) is 9.85. The molecule has 0 aliphatic heterocycles. The predicted octanol–water partition coefficient (Wildman–Crippen LogP) is 2.58. The van der Waals surface area contributed by atoms with Gasteiger partial charge in [-0.15, -0.1) is 0 Å². The van der Waals surface area contributed by atoms with Crippen LogP contribution in [-0.2, 0) is 11.2 Å². The lowest BCUT2D eigenvalue weighted by molar-refractivity contribution is -0.173. The lowest BCUT2D eigenvalue weighted by Crippen LogP contribution is -2.18. The van der Waals surface area contributed by atoms with Crippen LogP contribution in [0.25, 0.3) is 11.5 Å². The van der Waals surface area contributed by atoms with E-state index in [9.17, 15) is 17.6 Å². The van der Waals surface area contributed by atoms with Crippen molar-refractivity contribution >= 4 is 5.69 Å². The minimum absolute atomic E-state index is 0.0562. The minimum atomic E-state index is -4.37. The first kappa shape index (κ1) is 15.2. The summed E-state index contributed by atoms with van der Waals surface area (Å²) in [5.74, 6) is -0.259. The van der Waals surface area contributed by atoms with E-state index in [0.717, 1.165) is 6.07 Å². The molecule has 0 saturated carbocycles. The van der Waals surface area contributed by atoms with Crippen LogP contribution in [0.3, 0.4) is 0 Å². The van der Waals surface area contributed by atoms with Crippen LogP contribution >= 0.6 is 0 Å². The molecule has 0 saturated heterocycles. The second-order valence-electron chi connectivity index (χ2n) is 4.17. The highest BCUT2D eigenvalue weighted by atomic mass is 19.4. The first-order valence-corrected chi connectivity index (χ1v) is 5.87. The number of anilines is 1. The Morgan fingerprint density at radius 2 is 2.05 bits per heavy atom. The Kier molecular flexibility index (Phi) is 4.41. The maximum Gasteiger partial charge on any atom is 0.411 e. The van der Waals surface area contributed by atoms with E-state index in [0.29, 0.717) is 5.56 Å². The van der Waals surface area contributed by atoms with E-state index in [1.54, 1.807) is 0 Å². The Balaban J connectivity index is 1.95. The smallest absolute Gasteiger partial charge is 0.398 e. The Morgan fingerprint density at radius 1 is 1.29 bits per heavy atom. The fraction of sp³-hybridized carbons (Fsp3) is 0.333. The van der Waals surface area contributed by atoms with Gasteiger partial charge in [0.2, 0.25) is 0 Å². The molecule has 1 heterocycles. The third-order valence-corrected chi connectivity index (χ3v) is 2.45. The number of hydrogen-bond donors (Lipinski definition) is 1. The Hall–Kier alpha value is -2.16. The van der Waals surface area contributed by atoms with Crippen LogP contribution in [0.15, 0.2) is 22.7 Å². The van der Waals surface area contributed by atoms with Crippen molar-refractivity contribution in [2.75, 3.05) is 18.9 Å². The summed E-state index contributed by atoms with van der Waals surface area (Å²) in [5, 5.41) is 3.59. The normalized spacial score (nSPS) is 11.8. The molecule has 2 aromatic rings. The SMILES string of the molecule is Nc1cc(F)ccc1-c1nc(CCOCC(F)(F)F)no1. The summed E-state index contributed by atoms with van der Waals surface area (Å²) in [7, 11) is 0. The molecule has 114 valence electrons. The zero-order valence-corrected chi connectivity index (χ0v) is 10.7. The summed E-state index contributed by atoms with van der Waals surface area (Å²) in [5.41, 5.74) is 6.09. The lowest BCUT2D eigenvalue weighted by atomic mass is 10.2. The molecule has 0 spiro atoms. The topological polar surface area (TPSA) is 74.2 Å². The molecular weight excluding hydrogens is 294 g/mol. The molecule has 0 amide bonds. The van der Waals surface area contributed by atoms with Crippen molar-refractivity contribution in [3.63, 3.8) is 0 Å². The molecule has 0 radical (unpaired) electrons. The molecule has 0 fully saturated rings. The number of nitrogen functional groups attached to an aromatic ring is 1. The summed E-state index contributed by atoms with van der Waals surface area (Å²) < 4.78 is 57.9. The van der Waals surface area contributed by atoms with Gasteiger partial charge in [-0.25, -0.2) is 4.39 Å². The van der Waals surface area contributed by atoms with Crippen LogP contribution in [0.4, 0.5) is 23.2 Å². The summed E-state index contributed by atoms with van der Waals surface area (Å²) in [4.78, 5) is 3.96. The van der Waals surface area contributed by atoms with E-state index in [1.807, 2.05) is 0 Å². The fourth-order valence-electron chi connectivity index (χ4n) is 1.54. The van der Waals surface area contributed by atoms with Gasteiger partial charge in [0, 0.05) is 12.1 Å². The fourth-order valence-corrected chi connectivity index (χ4v) is 1.54. The van der Waals surface area contributed by atoms with Crippen molar-refractivity contribution in [3.05, 3.63) is 29.8 Å². The molecule has 1 aromatic heterocycles. The van der Waals surface area contributed by atoms with E-state index >= 15 is 0 Å². The highest BCUT2D eigenvalue weighted by molar-refractivity contribution is 5.70. The third-order valence-electron chi connectivity index (χ3n) is 2.45. The number of aromatic nitrogens is 2. The molecule has 0 unspecified atom stereocenters. The molecule has 0 aliphatic rings. The van der Waals surface area contributed by atoms with Crippen molar-refractivity contribution in [1.82, 2.24) is 10.1 Å². The van der Waals surface area contributed by atoms with Gasteiger partial charge in [0.25, 0.3) is 5.89 Å². The number of hydrogen-bond acceptors (Lipinski definition) is 5. The van der Waals surface area contributed by atoms with Gasteiger partial charge in [-0.2, -0.15) is 18.2 Å². The van der Waals surface area contributed by atoms with Crippen molar-refractivity contribution in [2.24, 2.45) is 0 Å². The molecular formula is C12H11F4N3O2. The van der Waals surface area contributed by atoms with Crippen LogP contribution < -0.4 is 5.73 Å². The third kappa shape index (κ3) is 4.42. The number of ether oxygens (including phenoxy) is 1. The average molecular weight is 305 g/mol. The van der Waals surface area contributed by atoms with Gasteiger partial charge in [-0.1, -0.05) is 5.16 Å². The van der Waals surface area contributed by atoms with Gasteiger partial charge < -0.3 is 15.0 Å². The number of benzene rings is 1. The Morgan fingerprint density at radius 3 is 2.71 bits per heavy atom. The maximum atomic E-state index is 12.9. The second kappa shape index (κ2) is 6.08. The molecule has 21 heavy (non-hydrogen) atoms. The summed E-state index contributed by atoms with van der Waals surface area (Å²) in [6.45, 7) is -1.53. The summed E-state index contributed by atoms with van der Waals surface area (Å²) in [6.07, 6.45) is -4.31. The van der Waals surface area contributed by atoms with E-state index < -0.39 is 18.6 Å². The standard InChI is InChI=1S/C12H11F4N3O2/c13-7-1-2-8(9(17)5-7)11-18-10(19-21-11)3-4-20-6-12(14,15)16/h1-2,5H,3-4,6,17H2. The van der Waals surface area contributed by atoms with E-state index in [1.165, 1.54) is 12.1 Å².